The molecule has 144 valence electrons. The molecule has 1 aliphatic heterocycles. The first kappa shape index (κ1) is 18.3. The van der Waals surface area contributed by atoms with Crippen LogP contribution in [0.4, 0.5) is 11.4 Å². The number of piperazine rings is 1. The van der Waals surface area contributed by atoms with Crippen LogP contribution in [-0.4, -0.2) is 43.2 Å². The molecule has 0 bridgehead atoms. The van der Waals surface area contributed by atoms with E-state index >= 15 is 0 Å². The van der Waals surface area contributed by atoms with E-state index in [1.807, 2.05) is 49.4 Å². The highest BCUT2D eigenvalue weighted by Crippen LogP contribution is 2.23. The summed E-state index contributed by atoms with van der Waals surface area (Å²) in [6.45, 7) is 5.61. The van der Waals surface area contributed by atoms with E-state index in [1.54, 1.807) is 12.1 Å². The molecule has 1 heterocycles. The lowest BCUT2D eigenvalue weighted by Gasteiger charge is -2.36. The molecular weight excluding hydrogens is 350 g/mol. The zero-order valence-electron chi connectivity index (χ0n) is 16.1. The minimum absolute atomic E-state index is 0.0597. The van der Waals surface area contributed by atoms with Gasteiger partial charge in [-0.25, -0.2) is 0 Å². The SMILES string of the molecule is C[C@@H](C(=O)Nc1cccc2ccccc12)[NH+]1CCN(c2ccc(O)cc2)CC1. The molecule has 3 aromatic rings. The predicted molar refractivity (Wildman–Crippen MR) is 113 cm³/mol. The van der Waals surface area contributed by atoms with Gasteiger partial charge in [-0.05, 0) is 42.6 Å². The van der Waals surface area contributed by atoms with Crippen molar-refractivity contribution in [2.24, 2.45) is 0 Å². The Morgan fingerprint density at radius 2 is 1.68 bits per heavy atom. The summed E-state index contributed by atoms with van der Waals surface area (Å²) in [6.07, 6.45) is 0. The Bertz CT molecular complexity index is 958. The van der Waals surface area contributed by atoms with Gasteiger partial charge >= 0.3 is 0 Å². The van der Waals surface area contributed by atoms with Crippen LogP contribution in [0.3, 0.4) is 0 Å². The van der Waals surface area contributed by atoms with Crippen LogP contribution < -0.4 is 15.1 Å². The van der Waals surface area contributed by atoms with Gasteiger partial charge in [0.2, 0.25) is 0 Å². The number of aromatic hydroxyl groups is 1. The second-order valence-corrected chi connectivity index (χ2v) is 7.40. The molecule has 1 atom stereocenters. The summed E-state index contributed by atoms with van der Waals surface area (Å²) in [5.41, 5.74) is 1.99. The molecule has 4 rings (SSSR count). The number of carbonyl (C=O) groups is 1. The van der Waals surface area contributed by atoms with Gasteiger partial charge in [0.25, 0.3) is 5.91 Å². The van der Waals surface area contributed by atoms with Gasteiger partial charge in [0.1, 0.15) is 5.75 Å². The third kappa shape index (κ3) is 3.80. The Balaban J connectivity index is 1.39. The van der Waals surface area contributed by atoms with Crippen LogP contribution in [0.5, 0.6) is 5.75 Å². The average Bonchev–Trinajstić information content (AvgIpc) is 2.74. The van der Waals surface area contributed by atoms with Gasteiger partial charge in [-0.1, -0.05) is 36.4 Å². The molecule has 0 aliphatic carbocycles. The largest absolute Gasteiger partial charge is 0.508 e. The summed E-state index contributed by atoms with van der Waals surface area (Å²) in [6, 6.07) is 21.3. The van der Waals surface area contributed by atoms with E-state index in [0.717, 1.165) is 48.3 Å². The Morgan fingerprint density at radius 1 is 1.00 bits per heavy atom. The van der Waals surface area contributed by atoms with Crippen LogP contribution in [-0.2, 0) is 4.79 Å². The summed E-state index contributed by atoms with van der Waals surface area (Å²) in [4.78, 5) is 16.5. The molecule has 5 heteroatoms. The maximum atomic E-state index is 12.9. The normalized spacial score (nSPS) is 16.1. The van der Waals surface area contributed by atoms with Crippen molar-refractivity contribution in [1.82, 2.24) is 0 Å². The quantitative estimate of drug-likeness (QED) is 0.655. The van der Waals surface area contributed by atoms with Gasteiger partial charge < -0.3 is 20.2 Å². The highest BCUT2D eigenvalue weighted by molar-refractivity contribution is 6.03. The summed E-state index contributed by atoms with van der Waals surface area (Å²) < 4.78 is 0. The van der Waals surface area contributed by atoms with Crippen molar-refractivity contribution in [3.8, 4) is 5.75 Å². The van der Waals surface area contributed by atoms with Gasteiger partial charge in [0.15, 0.2) is 6.04 Å². The minimum atomic E-state index is -0.110. The van der Waals surface area contributed by atoms with Crippen molar-refractivity contribution in [3.05, 3.63) is 66.7 Å². The molecule has 3 aromatic carbocycles. The summed E-state index contributed by atoms with van der Waals surface area (Å²) in [5, 5.41) is 14.8. The van der Waals surface area contributed by atoms with Gasteiger partial charge in [0, 0.05) is 16.8 Å². The monoisotopic (exact) mass is 376 g/mol. The highest BCUT2D eigenvalue weighted by Gasteiger charge is 2.29. The topological polar surface area (TPSA) is 57.0 Å². The highest BCUT2D eigenvalue weighted by atomic mass is 16.3. The van der Waals surface area contributed by atoms with E-state index in [1.165, 1.54) is 4.90 Å². The first-order chi connectivity index (χ1) is 13.6. The molecular formula is C23H26N3O2+. The fourth-order valence-corrected chi connectivity index (χ4v) is 3.91. The predicted octanol–water partition coefficient (Wildman–Crippen LogP) is 2.28. The number of anilines is 2. The molecule has 1 aliphatic rings. The molecule has 28 heavy (non-hydrogen) atoms. The first-order valence-electron chi connectivity index (χ1n) is 9.79. The van der Waals surface area contributed by atoms with E-state index in [0.29, 0.717) is 0 Å². The number of rotatable bonds is 4. The fraction of sp³-hybridized carbons (Fsp3) is 0.261. The van der Waals surface area contributed by atoms with Gasteiger partial charge in [-0.15, -0.1) is 0 Å². The second kappa shape index (κ2) is 7.90. The molecule has 1 saturated heterocycles. The standard InChI is InChI=1S/C23H25N3O2/c1-17(23(28)24-22-8-4-6-18-5-2-3-7-21(18)22)25-13-15-26(16-14-25)19-9-11-20(27)12-10-19/h2-12,17,27H,13-16H2,1H3,(H,24,28)/p+1/t17-/m0/s1. The van der Waals surface area contributed by atoms with Crippen LogP contribution in [0.1, 0.15) is 6.92 Å². The fourth-order valence-electron chi connectivity index (χ4n) is 3.91. The van der Waals surface area contributed by atoms with E-state index in [9.17, 15) is 9.90 Å². The van der Waals surface area contributed by atoms with Crippen LogP contribution in [0, 0.1) is 0 Å². The van der Waals surface area contributed by atoms with Crippen molar-refractivity contribution in [3.63, 3.8) is 0 Å². The summed E-state index contributed by atoms with van der Waals surface area (Å²) in [7, 11) is 0. The zero-order chi connectivity index (χ0) is 19.5. The van der Waals surface area contributed by atoms with Crippen LogP contribution in [0.15, 0.2) is 66.7 Å². The number of hydrogen-bond acceptors (Lipinski definition) is 3. The maximum absolute atomic E-state index is 12.9. The Morgan fingerprint density at radius 3 is 2.43 bits per heavy atom. The van der Waals surface area contributed by atoms with Crippen LogP contribution in [0.25, 0.3) is 10.8 Å². The van der Waals surface area contributed by atoms with E-state index in [2.05, 4.69) is 22.3 Å². The molecule has 0 aromatic heterocycles. The van der Waals surface area contributed by atoms with E-state index in [-0.39, 0.29) is 17.7 Å². The third-order valence-corrected chi connectivity index (χ3v) is 5.67. The molecule has 0 unspecified atom stereocenters. The minimum Gasteiger partial charge on any atom is -0.508 e. The van der Waals surface area contributed by atoms with Crippen LogP contribution >= 0.6 is 0 Å². The lowest BCUT2D eigenvalue weighted by Crippen LogP contribution is -3.19. The number of phenolic OH excluding ortho intramolecular Hbond substituents is 1. The number of nitrogens with zero attached hydrogens (tertiary/aromatic N) is 1. The van der Waals surface area contributed by atoms with Crippen molar-refractivity contribution >= 4 is 28.1 Å². The number of hydrogen-bond donors (Lipinski definition) is 3. The molecule has 1 fully saturated rings. The van der Waals surface area contributed by atoms with Crippen molar-refractivity contribution in [2.45, 2.75) is 13.0 Å². The van der Waals surface area contributed by atoms with Crippen molar-refractivity contribution < 1.29 is 14.8 Å². The third-order valence-electron chi connectivity index (χ3n) is 5.67. The van der Waals surface area contributed by atoms with E-state index < -0.39 is 0 Å². The number of quaternary nitrogens is 1. The smallest absolute Gasteiger partial charge is 0.282 e. The Hall–Kier alpha value is -3.05. The molecule has 0 spiro atoms. The lowest BCUT2D eigenvalue weighted by atomic mass is 10.1. The Labute approximate surface area is 165 Å². The maximum Gasteiger partial charge on any atom is 0.282 e. The van der Waals surface area contributed by atoms with Gasteiger partial charge in [-0.3, -0.25) is 4.79 Å². The van der Waals surface area contributed by atoms with Crippen molar-refractivity contribution in [2.75, 3.05) is 36.4 Å². The molecule has 0 saturated carbocycles. The van der Waals surface area contributed by atoms with Gasteiger partial charge in [-0.2, -0.15) is 0 Å². The van der Waals surface area contributed by atoms with E-state index in [4.69, 9.17) is 0 Å². The number of amides is 1. The van der Waals surface area contributed by atoms with Crippen LogP contribution in [0.2, 0.25) is 0 Å². The first-order valence-corrected chi connectivity index (χ1v) is 9.79. The molecule has 3 N–H and O–H groups in total. The average molecular weight is 376 g/mol. The van der Waals surface area contributed by atoms with Gasteiger partial charge in [0.05, 0.1) is 26.2 Å². The Kier molecular flexibility index (Phi) is 5.17. The molecule has 1 amide bonds. The molecule has 0 radical (unpaired) electrons. The van der Waals surface area contributed by atoms with Crippen molar-refractivity contribution in [1.29, 1.82) is 0 Å². The molecule has 5 nitrogen and oxygen atoms in total. The lowest BCUT2D eigenvalue weighted by molar-refractivity contribution is -0.914. The number of carbonyl (C=O) groups excluding carboxylic acids is 1. The number of benzene rings is 3. The number of phenols is 1. The zero-order valence-corrected chi connectivity index (χ0v) is 16.1. The summed E-state index contributed by atoms with van der Waals surface area (Å²) >= 11 is 0. The second-order valence-electron chi connectivity index (χ2n) is 7.40. The number of fused-ring (bicyclic) bond motifs is 1. The summed E-state index contributed by atoms with van der Waals surface area (Å²) in [5.74, 6) is 0.344. The number of nitrogens with one attached hydrogen (secondary N) is 2.